The zero-order valence-corrected chi connectivity index (χ0v) is 9.64. The van der Waals surface area contributed by atoms with Gasteiger partial charge in [-0.1, -0.05) is 0 Å². The molecule has 2 atom stereocenters. The van der Waals surface area contributed by atoms with Crippen molar-refractivity contribution in [3.8, 4) is 0 Å². The maximum absolute atomic E-state index is 11.5. The van der Waals surface area contributed by atoms with E-state index in [0.29, 0.717) is 6.04 Å². The Labute approximate surface area is 94.8 Å². The number of carbonyl (C=O) groups excluding carboxylic acids is 1. The van der Waals surface area contributed by atoms with E-state index in [1.807, 2.05) is 17.7 Å². The molecule has 5 nitrogen and oxygen atoms in total. The van der Waals surface area contributed by atoms with Gasteiger partial charge in [0, 0.05) is 12.2 Å². The number of ether oxygens (including phenoxy) is 1. The zero-order chi connectivity index (χ0) is 11.5. The molecule has 2 rings (SSSR count). The second kappa shape index (κ2) is 4.65. The molecule has 1 aliphatic heterocycles. The molecule has 0 aliphatic carbocycles. The van der Waals surface area contributed by atoms with Crippen LogP contribution in [0.2, 0.25) is 0 Å². The van der Waals surface area contributed by atoms with Crippen LogP contribution in [0.4, 0.5) is 0 Å². The van der Waals surface area contributed by atoms with Gasteiger partial charge < -0.3 is 14.6 Å². The molecule has 0 spiro atoms. The lowest BCUT2D eigenvalue weighted by atomic mass is 10.1. The van der Waals surface area contributed by atoms with Crippen molar-refractivity contribution in [2.75, 3.05) is 13.7 Å². The van der Waals surface area contributed by atoms with E-state index in [0.717, 1.165) is 18.7 Å². The topological polar surface area (TPSA) is 56.2 Å². The first-order valence-corrected chi connectivity index (χ1v) is 5.57. The van der Waals surface area contributed by atoms with E-state index < -0.39 is 0 Å². The van der Waals surface area contributed by atoms with E-state index >= 15 is 0 Å². The number of aromatic nitrogens is 2. The Bertz CT molecular complexity index is 369. The van der Waals surface area contributed by atoms with Crippen molar-refractivity contribution < 1.29 is 9.53 Å². The molecule has 16 heavy (non-hydrogen) atoms. The van der Waals surface area contributed by atoms with Crippen molar-refractivity contribution >= 4 is 5.97 Å². The van der Waals surface area contributed by atoms with E-state index in [1.54, 1.807) is 6.33 Å². The maximum Gasteiger partial charge on any atom is 0.328 e. The first kappa shape index (κ1) is 11.1. The summed E-state index contributed by atoms with van der Waals surface area (Å²) in [6.45, 7) is 2.86. The summed E-state index contributed by atoms with van der Waals surface area (Å²) in [6.07, 6.45) is 5.78. The lowest BCUT2D eigenvalue weighted by Gasteiger charge is -2.17. The molecule has 1 fully saturated rings. The standard InChI is InChI=1S/C11H17N3O2/c1-8(11(15)16-2)14-7-12-6-10(14)9-4-3-5-13-9/h6-9,13H,3-5H2,1-2H3/t8?,9-/m0/s1. The van der Waals surface area contributed by atoms with Gasteiger partial charge >= 0.3 is 5.97 Å². The molecule has 2 heterocycles. The highest BCUT2D eigenvalue weighted by atomic mass is 16.5. The second-order valence-electron chi connectivity index (χ2n) is 4.07. The van der Waals surface area contributed by atoms with Crippen LogP contribution in [0.15, 0.2) is 12.5 Å². The van der Waals surface area contributed by atoms with Crippen molar-refractivity contribution in [1.82, 2.24) is 14.9 Å². The summed E-state index contributed by atoms with van der Waals surface area (Å²) in [6, 6.07) is -0.000457. The summed E-state index contributed by atoms with van der Waals surface area (Å²) < 4.78 is 6.63. The Balaban J connectivity index is 2.21. The number of hydrogen-bond acceptors (Lipinski definition) is 4. The van der Waals surface area contributed by atoms with Crippen LogP contribution in [0.5, 0.6) is 0 Å². The fourth-order valence-electron chi connectivity index (χ4n) is 2.13. The van der Waals surface area contributed by atoms with Gasteiger partial charge in [0.05, 0.1) is 19.1 Å². The Morgan fingerprint density at radius 1 is 1.75 bits per heavy atom. The van der Waals surface area contributed by atoms with Gasteiger partial charge in [-0.3, -0.25) is 0 Å². The minimum Gasteiger partial charge on any atom is -0.467 e. The van der Waals surface area contributed by atoms with E-state index in [1.165, 1.54) is 13.5 Å². The number of esters is 1. The fraction of sp³-hybridized carbons (Fsp3) is 0.636. The Morgan fingerprint density at radius 3 is 3.19 bits per heavy atom. The molecule has 0 saturated carbocycles. The van der Waals surface area contributed by atoms with Crippen molar-refractivity contribution in [2.45, 2.75) is 31.8 Å². The predicted molar refractivity (Wildman–Crippen MR) is 58.9 cm³/mol. The van der Waals surface area contributed by atoms with Gasteiger partial charge in [-0.25, -0.2) is 9.78 Å². The van der Waals surface area contributed by atoms with Crippen molar-refractivity contribution in [1.29, 1.82) is 0 Å². The minimum atomic E-state index is -0.315. The van der Waals surface area contributed by atoms with Gasteiger partial charge in [-0.15, -0.1) is 0 Å². The molecular formula is C11H17N3O2. The van der Waals surface area contributed by atoms with Crippen LogP contribution in [0, 0.1) is 0 Å². The highest BCUT2D eigenvalue weighted by Crippen LogP contribution is 2.25. The average Bonchev–Trinajstić information content (AvgIpc) is 2.95. The van der Waals surface area contributed by atoms with Crippen molar-refractivity contribution in [3.05, 3.63) is 18.2 Å². The largest absolute Gasteiger partial charge is 0.467 e. The summed E-state index contributed by atoms with van der Waals surface area (Å²) in [5.41, 5.74) is 1.07. The normalized spacial score (nSPS) is 22.0. The third-order valence-electron chi connectivity index (χ3n) is 3.07. The van der Waals surface area contributed by atoms with Gasteiger partial charge in [0.15, 0.2) is 0 Å². The monoisotopic (exact) mass is 223 g/mol. The van der Waals surface area contributed by atoms with Crippen molar-refractivity contribution in [2.24, 2.45) is 0 Å². The highest BCUT2D eigenvalue weighted by Gasteiger charge is 2.24. The van der Waals surface area contributed by atoms with Gasteiger partial charge in [0.2, 0.25) is 0 Å². The van der Waals surface area contributed by atoms with Gasteiger partial charge in [0.1, 0.15) is 6.04 Å². The number of carbonyl (C=O) groups is 1. The molecular weight excluding hydrogens is 206 g/mol. The fourth-order valence-corrected chi connectivity index (χ4v) is 2.13. The first-order chi connectivity index (χ1) is 7.74. The van der Waals surface area contributed by atoms with Crippen LogP contribution >= 0.6 is 0 Å². The van der Waals surface area contributed by atoms with Gasteiger partial charge in [-0.05, 0) is 26.3 Å². The molecule has 1 saturated heterocycles. The second-order valence-corrected chi connectivity index (χ2v) is 4.07. The third kappa shape index (κ3) is 1.95. The molecule has 0 amide bonds. The number of hydrogen-bond donors (Lipinski definition) is 1. The SMILES string of the molecule is COC(=O)C(C)n1cncc1[C@@H]1CCCN1. The summed E-state index contributed by atoms with van der Waals surface area (Å²) in [5, 5.41) is 3.40. The van der Waals surface area contributed by atoms with E-state index in [2.05, 4.69) is 10.3 Å². The lowest BCUT2D eigenvalue weighted by Crippen LogP contribution is -2.23. The van der Waals surface area contributed by atoms with Crippen LogP contribution in [0.1, 0.15) is 37.5 Å². The summed E-state index contributed by atoms with van der Waals surface area (Å²) in [7, 11) is 1.41. The van der Waals surface area contributed by atoms with Gasteiger partial charge in [-0.2, -0.15) is 0 Å². The molecule has 1 aromatic rings. The lowest BCUT2D eigenvalue weighted by molar-refractivity contribution is -0.144. The van der Waals surface area contributed by atoms with Crippen LogP contribution in [0.25, 0.3) is 0 Å². The molecule has 0 bridgehead atoms. The molecule has 1 aromatic heterocycles. The Kier molecular flexibility index (Phi) is 3.24. The zero-order valence-electron chi connectivity index (χ0n) is 9.64. The van der Waals surface area contributed by atoms with Gasteiger partial charge in [0.25, 0.3) is 0 Å². The number of methoxy groups -OCH3 is 1. The molecule has 1 N–H and O–H groups in total. The smallest absolute Gasteiger partial charge is 0.328 e. The number of nitrogens with zero attached hydrogens (tertiary/aromatic N) is 2. The molecule has 1 unspecified atom stereocenters. The molecule has 88 valence electrons. The van der Waals surface area contributed by atoms with Crippen LogP contribution in [-0.2, 0) is 9.53 Å². The number of nitrogens with one attached hydrogen (secondary N) is 1. The molecule has 0 aromatic carbocycles. The predicted octanol–water partition coefficient (Wildman–Crippen LogP) is 1.04. The van der Waals surface area contributed by atoms with Crippen molar-refractivity contribution in [3.63, 3.8) is 0 Å². The summed E-state index contributed by atoms with van der Waals surface area (Å²) >= 11 is 0. The maximum atomic E-state index is 11.5. The van der Waals surface area contributed by atoms with E-state index in [9.17, 15) is 4.79 Å². The summed E-state index contributed by atoms with van der Waals surface area (Å²) in [4.78, 5) is 15.6. The minimum absolute atomic E-state index is 0.239. The first-order valence-electron chi connectivity index (χ1n) is 5.57. The quantitative estimate of drug-likeness (QED) is 0.778. The summed E-state index contributed by atoms with van der Waals surface area (Å²) in [5.74, 6) is -0.239. The van der Waals surface area contributed by atoms with Crippen LogP contribution in [-0.4, -0.2) is 29.2 Å². The van der Waals surface area contributed by atoms with Crippen LogP contribution in [0.3, 0.4) is 0 Å². The Morgan fingerprint density at radius 2 is 2.56 bits per heavy atom. The van der Waals surface area contributed by atoms with Crippen LogP contribution < -0.4 is 5.32 Å². The average molecular weight is 223 g/mol. The van der Waals surface area contributed by atoms with E-state index in [-0.39, 0.29) is 12.0 Å². The van der Waals surface area contributed by atoms with E-state index in [4.69, 9.17) is 4.74 Å². The number of imidazole rings is 1. The molecule has 0 radical (unpaired) electrons. The number of rotatable bonds is 3. The highest BCUT2D eigenvalue weighted by molar-refractivity contribution is 5.73. The third-order valence-corrected chi connectivity index (χ3v) is 3.07. The molecule has 1 aliphatic rings. The Hall–Kier alpha value is -1.36. The molecule has 5 heteroatoms.